The fourth-order valence-corrected chi connectivity index (χ4v) is 3.19. The smallest absolute Gasteiger partial charge is 0.158 e. The van der Waals surface area contributed by atoms with Crippen LogP contribution in [0.25, 0.3) is 10.2 Å². The largest absolute Gasteiger partial charge is 0.261 e. The Bertz CT molecular complexity index is 866. The molecule has 3 aromatic heterocycles. The number of rotatable bonds is 3. The fraction of sp³-hybridized carbons (Fsp3) is 0.250. The summed E-state index contributed by atoms with van der Waals surface area (Å²) in [5.41, 5.74) is 3.72. The third kappa shape index (κ3) is 3.65. The van der Waals surface area contributed by atoms with Gasteiger partial charge in [0.25, 0.3) is 0 Å². The van der Waals surface area contributed by atoms with Crippen molar-refractivity contribution in [1.82, 2.24) is 15.0 Å². The van der Waals surface area contributed by atoms with Crippen molar-refractivity contribution in [3.63, 3.8) is 0 Å². The van der Waals surface area contributed by atoms with E-state index in [0.717, 1.165) is 10.2 Å². The van der Waals surface area contributed by atoms with Crippen molar-refractivity contribution in [2.24, 2.45) is 5.10 Å². The Morgan fingerprint density at radius 2 is 2.04 bits per heavy atom. The number of anilines is 1. The van der Waals surface area contributed by atoms with E-state index in [4.69, 9.17) is 11.6 Å². The first-order chi connectivity index (χ1) is 10.9. The number of halogens is 1. The van der Waals surface area contributed by atoms with Gasteiger partial charge in [0.1, 0.15) is 11.2 Å². The molecule has 1 N–H and O–H groups in total. The third-order valence-corrected chi connectivity index (χ3v) is 4.88. The zero-order valence-corrected chi connectivity index (χ0v) is 14.6. The maximum atomic E-state index is 5.92. The molecule has 0 saturated carbocycles. The first kappa shape index (κ1) is 15.8. The van der Waals surface area contributed by atoms with Crippen LogP contribution in [-0.4, -0.2) is 21.2 Å². The molecular formula is C16H16ClN5S. The van der Waals surface area contributed by atoms with Crippen molar-refractivity contribution in [2.75, 3.05) is 5.43 Å². The van der Waals surface area contributed by atoms with Crippen LogP contribution >= 0.6 is 22.9 Å². The number of fused-ring (bicyclic) bond motifs is 1. The molecule has 0 aliphatic rings. The zero-order valence-electron chi connectivity index (χ0n) is 13.0. The summed E-state index contributed by atoms with van der Waals surface area (Å²) in [5.74, 6) is 0.681. The highest BCUT2D eigenvalue weighted by atomic mass is 35.5. The van der Waals surface area contributed by atoms with Crippen LogP contribution in [-0.2, 0) is 5.41 Å². The molecule has 0 aromatic carbocycles. The maximum absolute atomic E-state index is 5.92. The van der Waals surface area contributed by atoms with Gasteiger partial charge in [-0.15, -0.1) is 11.3 Å². The van der Waals surface area contributed by atoms with Crippen LogP contribution in [0.15, 0.2) is 35.8 Å². The summed E-state index contributed by atoms with van der Waals surface area (Å²) >= 11 is 7.60. The second kappa shape index (κ2) is 6.22. The molecule has 5 nitrogen and oxygen atoms in total. The predicted molar refractivity (Wildman–Crippen MR) is 96.6 cm³/mol. The zero-order chi connectivity index (χ0) is 16.4. The van der Waals surface area contributed by atoms with Crippen LogP contribution in [0.3, 0.4) is 0 Å². The lowest BCUT2D eigenvalue weighted by Crippen LogP contribution is -2.07. The van der Waals surface area contributed by atoms with E-state index >= 15 is 0 Å². The van der Waals surface area contributed by atoms with Gasteiger partial charge in [-0.2, -0.15) is 5.10 Å². The topological polar surface area (TPSA) is 63.1 Å². The Morgan fingerprint density at radius 1 is 1.22 bits per heavy atom. The summed E-state index contributed by atoms with van der Waals surface area (Å²) in [6.45, 7) is 6.55. The Hall–Kier alpha value is -2.05. The minimum atomic E-state index is 0.0800. The van der Waals surface area contributed by atoms with Gasteiger partial charge in [0.2, 0.25) is 0 Å². The Balaban J connectivity index is 1.87. The quantitative estimate of drug-likeness (QED) is 0.561. The molecule has 0 fully saturated rings. The summed E-state index contributed by atoms with van der Waals surface area (Å²) in [4.78, 5) is 15.0. The lowest BCUT2D eigenvalue weighted by Gasteiger charge is -2.14. The molecule has 0 radical (unpaired) electrons. The second-order valence-corrected chi connectivity index (χ2v) is 7.54. The second-order valence-electron chi connectivity index (χ2n) is 6.07. The first-order valence-electron chi connectivity index (χ1n) is 7.09. The van der Waals surface area contributed by atoms with Gasteiger partial charge in [0, 0.05) is 16.1 Å². The van der Waals surface area contributed by atoms with Gasteiger partial charge >= 0.3 is 0 Å². The number of nitrogens with zero attached hydrogens (tertiary/aromatic N) is 4. The van der Waals surface area contributed by atoms with Gasteiger partial charge in [-0.3, -0.25) is 10.4 Å². The molecule has 3 aromatic rings. The van der Waals surface area contributed by atoms with Crippen LogP contribution in [0, 0.1) is 0 Å². The van der Waals surface area contributed by atoms with E-state index in [1.165, 1.54) is 4.88 Å². The van der Waals surface area contributed by atoms with E-state index in [9.17, 15) is 0 Å². The van der Waals surface area contributed by atoms with Crippen LogP contribution in [0.1, 0.15) is 31.3 Å². The van der Waals surface area contributed by atoms with E-state index in [2.05, 4.69) is 52.3 Å². The number of thiophene rings is 1. The minimum Gasteiger partial charge on any atom is -0.261 e. The summed E-state index contributed by atoms with van der Waals surface area (Å²) in [6, 6.07) is 5.58. The predicted octanol–water partition coefficient (Wildman–Crippen LogP) is 4.48. The highest BCUT2D eigenvalue weighted by molar-refractivity contribution is 7.18. The van der Waals surface area contributed by atoms with Crippen molar-refractivity contribution in [2.45, 2.75) is 26.2 Å². The number of nitrogens with one attached hydrogen (secondary N) is 1. The van der Waals surface area contributed by atoms with Gasteiger partial charge in [0.05, 0.1) is 17.3 Å². The number of aromatic nitrogens is 3. The molecule has 0 amide bonds. The molecule has 3 rings (SSSR count). The molecule has 0 unspecified atom stereocenters. The van der Waals surface area contributed by atoms with Gasteiger partial charge < -0.3 is 0 Å². The molecule has 7 heteroatoms. The fourth-order valence-electron chi connectivity index (χ4n) is 1.97. The molecule has 118 valence electrons. The minimum absolute atomic E-state index is 0.0800. The molecule has 0 atom stereocenters. The van der Waals surface area contributed by atoms with Gasteiger partial charge in [0.15, 0.2) is 5.82 Å². The Morgan fingerprint density at radius 3 is 2.78 bits per heavy atom. The number of hydrogen-bond acceptors (Lipinski definition) is 6. The van der Waals surface area contributed by atoms with Crippen molar-refractivity contribution >= 4 is 45.2 Å². The van der Waals surface area contributed by atoms with Crippen molar-refractivity contribution < 1.29 is 0 Å². The molecule has 0 saturated heterocycles. The molecule has 0 bridgehead atoms. The van der Waals surface area contributed by atoms with E-state index in [1.54, 1.807) is 42.2 Å². The Kier molecular flexibility index (Phi) is 4.28. The average Bonchev–Trinajstić information content (AvgIpc) is 2.92. The van der Waals surface area contributed by atoms with E-state index < -0.39 is 0 Å². The van der Waals surface area contributed by atoms with Crippen LogP contribution in [0.4, 0.5) is 5.82 Å². The number of pyridine rings is 1. The van der Waals surface area contributed by atoms with Gasteiger partial charge in [-0.1, -0.05) is 32.4 Å². The lowest BCUT2D eigenvalue weighted by molar-refractivity contribution is 0.604. The average molecular weight is 346 g/mol. The standard InChI is InChI=1S/C16H16ClN5S/c1-16(2,3)13-7-12-14(19-9-20-15(12)23-13)22-21-8-11-6-10(17)4-5-18-11/h4-9H,1-3H3,(H,19,20,22). The SMILES string of the molecule is CC(C)(C)c1cc2c(NN=Cc3cc(Cl)ccn3)ncnc2s1. The Labute approximate surface area is 143 Å². The third-order valence-electron chi connectivity index (χ3n) is 3.18. The first-order valence-corrected chi connectivity index (χ1v) is 8.28. The normalized spacial score (nSPS) is 12.2. The molecule has 23 heavy (non-hydrogen) atoms. The molecular weight excluding hydrogens is 330 g/mol. The van der Waals surface area contributed by atoms with Crippen LogP contribution in [0.5, 0.6) is 0 Å². The lowest BCUT2D eigenvalue weighted by atomic mass is 9.94. The van der Waals surface area contributed by atoms with Crippen molar-refractivity contribution in [1.29, 1.82) is 0 Å². The van der Waals surface area contributed by atoms with E-state index in [-0.39, 0.29) is 5.41 Å². The highest BCUT2D eigenvalue weighted by Gasteiger charge is 2.18. The maximum Gasteiger partial charge on any atom is 0.158 e. The summed E-state index contributed by atoms with van der Waals surface area (Å²) in [7, 11) is 0. The van der Waals surface area contributed by atoms with Crippen LogP contribution < -0.4 is 5.43 Å². The molecule has 0 spiro atoms. The van der Waals surface area contributed by atoms with Crippen LogP contribution in [0.2, 0.25) is 5.02 Å². The monoisotopic (exact) mass is 345 g/mol. The van der Waals surface area contributed by atoms with Gasteiger partial charge in [-0.05, 0) is 23.6 Å². The summed E-state index contributed by atoms with van der Waals surface area (Å²) in [5, 5.41) is 5.79. The molecule has 0 aliphatic heterocycles. The molecule has 0 aliphatic carbocycles. The van der Waals surface area contributed by atoms with Gasteiger partial charge in [-0.25, -0.2) is 9.97 Å². The highest BCUT2D eigenvalue weighted by Crippen LogP contribution is 2.35. The van der Waals surface area contributed by atoms with E-state index in [1.807, 2.05) is 0 Å². The van der Waals surface area contributed by atoms with Crippen molar-refractivity contribution in [3.8, 4) is 0 Å². The summed E-state index contributed by atoms with van der Waals surface area (Å²) in [6.07, 6.45) is 4.79. The summed E-state index contributed by atoms with van der Waals surface area (Å²) < 4.78 is 0. The molecule has 3 heterocycles. The number of hydrazone groups is 1. The van der Waals surface area contributed by atoms with E-state index in [0.29, 0.717) is 16.5 Å². The number of hydrogen-bond donors (Lipinski definition) is 1. The van der Waals surface area contributed by atoms with Crippen molar-refractivity contribution in [3.05, 3.63) is 46.3 Å².